The fourth-order valence-electron chi connectivity index (χ4n) is 2.74. The number of carbonyl (C=O) groups excluding carboxylic acids is 1. The van der Waals surface area contributed by atoms with Gasteiger partial charge in [-0.05, 0) is 61.6 Å². The molecule has 1 atom stereocenters. The fourth-order valence-corrected chi connectivity index (χ4v) is 3.62. The number of nitrogens with one attached hydrogen (secondary N) is 2. The zero-order chi connectivity index (χ0) is 23.2. The van der Waals surface area contributed by atoms with Gasteiger partial charge >= 0.3 is 5.91 Å². The van der Waals surface area contributed by atoms with Crippen molar-refractivity contribution >= 4 is 40.4 Å². The quantitative estimate of drug-likeness (QED) is 0.398. The smallest absolute Gasteiger partial charge is 0.317 e. The Morgan fingerprint density at radius 1 is 0.968 bits per heavy atom. The molecule has 1 aromatic heterocycles. The van der Waals surface area contributed by atoms with Crippen molar-refractivity contribution in [3.8, 4) is 0 Å². The van der Waals surface area contributed by atoms with Gasteiger partial charge in [0.15, 0.2) is 0 Å². The van der Waals surface area contributed by atoms with Crippen LogP contribution in [-0.4, -0.2) is 11.9 Å². The average Bonchev–Trinajstić information content (AvgIpc) is 3.23. The Morgan fingerprint density at radius 2 is 1.48 bits per heavy atom. The molecule has 1 heterocycles. The van der Waals surface area contributed by atoms with Gasteiger partial charge in [0.1, 0.15) is 0 Å². The van der Waals surface area contributed by atoms with E-state index in [-0.39, 0.29) is 11.9 Å². The lowest BCUT2D eigenvalue weighted by atomic mass is 10.0. The maximum atomic E-state index is 12.2. The number of rotatable bonds is 6. The Hall–Kier alpha value is -1.88. The minimum Gasteiger partial charge on any atom is -0.344 e. The van der Waals surface area contributed by atoms with Gasteiger partial charge in [-0.2, -0.15) is 4.98 Å². The van der Waals surface area contributed by atoms with Gasteiger partial charge in [0.25, 0.3) is 5.69 Å². The third-order valence-electron chi connectivity index (χ3n) is 4.56. The maximum Gasteiger partial charge on any atom is 0.317 e. The van der Waals surface area contributed by atoms with Crippen LogP contribution in [0.2, 0.25) is 10.0 Å². The Morgan fingerprint density at radius 3 is 1.90 bits per heavy atom. The number of hydrogen-bond acceptors (Lipinski definition) is 2. The number of aromatic amines is 1. The van der Waals surface area contributed by atoms with Crippen LogP contribution >= 0.6 is 34.5 Å². The van der Waals surface area contributed by atoms with Gasteiger partial charge in [-0.1, -0.05) is 86.5 Å². The number of carbonyl (C=O) groups is 1. The van der Waals surface area contributed by atoms with E-state index >= 15 is 0 Å². The van der Waals surface area contributed by atoms with Gasteiger partial charge in [0.2, 0.25) is 5.51 Å². The minimum atomic E-state index is -0.0374. The molecule has 6 heteroatoms. The van der Waals surface area contributed by atoms with Gasteiger partial charge in [0.05, 0.1) is 4.88 Å². The molecule has 3 aromatic rings. The molecule has 3 nitrogen and oxygen atoms in total. The molecule has 0 aliphatic heterocycles. The Kier molecular flexibility index (Phi) is 13.1. The van der Waals surface area contributed by atoms with Crippen molar-refractivity contribution in [1.82, 2.24) is 5.32 Å². The Labute approximate surface area is 200 Å². The molecule has 0 fully saturated rings. The summed E-state index contributed by atoms with van der Waals surface area (Å²) in [7, 11) is 0. The summed E-state index contributed by atoms with van der Waals surface area (Å²) in [5.74, 6) is -0.0374. The first-order valence-corrected chi connectivity index (χ1v) is 12.3. The predicted molar refractivity (Wildman–Crippen MR) is 134 cm³/mol. The van der Waals surface area contributed by atoms with E-state index in [1.165, 1.54) is 11.1 Å². The molecule has 0 aliphatic rings. The second-order valence-electron chi connectivity index (χ2n) is 6.70. The van der Waals surface area contributed by atoms with Crippen LogP contribution in [0.15, 0.2) is 54.0 Å². The standard InChI is InChI=1S/C15H17ClN2OS.C8H9Cl.C2H6/c1-3-13(8-11-4-6-12(16)7-5-11)18-15(19)14-10(2)20-9-17-14;1-2-7-3-5-8(9)6-4-7;1-2/h4-7,9,13H,3,8H2,1-2H3,(H,18,19);3-6H,2H2,1H3;1-2H3/p+1. The van der Waals surface area contributed by atoms with Crippen LogP contribution in [0.25, 0.3) is 0 Å². The van der Waals surface area contributed by atoms with Gasteiger partial charge in [-0.25, -0.2) is 0 Å². The molecule has 0 aliphatic carbocycles. The average molecular weight is 481 g/mol. The Balaban J connectivity index is 0.000000365. The number of thiazole rings is 1. The van der Waals surface area contributed by atoms with Crippen molar-refractivity contribution in [3.05, 3.63) is 85.8 Å². The third kappa shape index (κ3) is 9.86. The molecule has 2 aromatic carbocycles. The molecule has 2 N–H and O–H groups in total. The number of aromatic nitrogens is 1. The topological polar surface area (TPSA) is 43.2 Å². The first kappa shape index (κ1) is 27.2. The molecule has 31 heavy (non-hydrogen) atoms. The van der Waals surface area contributed by atoms with Crippen molar-refractivity contribution in [2.45, 2.75) is 59.9 Å². The molecule has 1 unspecified atom stereocenters. The summed E-state index contributed by atoms with van der Waals surface area (Å²) in [5, 5.41) is 4.62. The minimum absolute atomic E-state index is 0.0374. The molecular formula is C25H33Cl2N2OS+. The van der Waals surface area contributed by atoms with E-state index in [4.69, 9.17) is 23.2 Å². The zero-order valence-electron chi connectivity index (χ0n) is 19.0. The molecule has 0 saturated carbocycles. The van der Waals surface area contributed by atoms with E-state index in [1.54, 1.807) is 11.3 Å². The first-order chi connectivity index (χ1) is 14.9. The number of hydrogen-bond donors (Lipinski definition) is 1. The van der Waals surface area contributed by atoms with E-state index in [1.807, 2.05) is 74.8 Å². The SMILES string of the molecule is CC.CCC(Cc1ccc(Cl)cc1)NC(=O)c1[nH+]csc1C.CCc1ccc(Cl)cc1. The van der Waals surface area contributed by atoms with Crippen molar-refractivity contribution in [2.24, 2.45) is 0 Å². The summed E-state index contributed by atoms with van der Waals surface area (Å²) < 4.78 is 0. The first-order valence-electron chi connectivity index (χ1n) is 10.7. The summed E-state index contributed by atoms with van der Waals surface area (Å²) in [4.78, 5) is 16.2. The lowest BCUT2D eigenvalue weighted by Crippen LogP contribution is -2.38. The highest BCUT2D eigenvalue weighted by Gasteiger charge is 2.21. The van der Waals surface area contributed by atoms with Gasteiger partial charge in [-0.3, -0.25) is 4.79 Å². The summed E-state index contributed by atoms with van der Waals surface area (Å²) >= 11 is 13.1. The number of benzene rings is 2. The van der Waals surface area contributed by atoms with Crippen LogP contribution < -0.4 is 10.3 Å². The van der Waals surface area contributed by atoms with Crippen LogP contribution in [-0.2, 0) is 12.8 Å². The van der Waals surface area contributed by atoms with Crippen LogP contribution in [0, 0.1) is 6.92 Å². The van der Waals surface area contributed by atoms with Crippen molar-refractivity contribution < 1.29 is 9.78 Å². The molecule has 0 bridgehead atoms. The molecule has 0 spiro atoms. The normalized spacial score (nSPS) is 10.8. The largest absolute Gasteiger partial charge is 0.344 e. The number of halogens is 2. The van der Waals surface area contributed by atoms with Crippen molar-refractivity contribution in [1.29, 1.82) is 0 Å². The molecule has 0 saturated heterocycles. The number of amides is 1. The van der Waals surface area contributed by atoms with Crippen molar-refractivity contribution in [2.75, 3.05) is 0 Å². The van der Waals surface area contributed by atoms with Gasteiger partial charge < -0.3 is 5.32 Å². The zero-order valence-corrected chi connectivity index (χ0v) is 21.3. The second kappa shape index (κ2) is 15.0. The highest BCUT2D eigenvalue weighted by molar-refractivity contribution is 7.09. The maximum absolute atomic E-state index is 12.2. The van der Waals surface area contributed by atoms with E-state index in [2.05, 4.69) is 24.1 Å². The third-order valence-corrected chi connectivity index (χ3v) is 5.86. The number of aryl methyl sites for hydroxylation is 2. The molecule has 1 amide bonds. The van der Waals surface area contributed by atoms with E-state index in [0.29, 0.717) is 5.69 Å². The predicted octanol–water partition coefficient (Wildman–Crippen LogP) is 7.20. The van der Waals surface area contributed by atoms with Crippen LogP contribution in [0.5, 0.6) is 0 Å². The highest BCUT2D eigenvalue weighted by Crippen LogP contribution is 2.13. The van der Waals surface area contributed by atoms with E-state index in [9.17, 15) is 4.79 Å². The van der Waals surface area contributed by atoms with Gasteiger partial charge in [-0.15, -0.1) is 0 Å². The monoisotopic (exact) mass is 479 g/mol. The van der Waals surface area contributed by atoms with Gasteiger partial charge in [0, 0.05) is 16.1 Å². The molecule has 168 valence electrons. The van der Waals surface area contributed by atoms with Crippen molar-refractivity contribution in [3.63, 3.8) is 0 Å². The van der Waals surface area contributed by atoms with E-state index < -0.39 is 0 Å². The summed E-state index contributed by atoms with van der Waals surface area (Å²) in [5.41, 5.74) is 4.99. The van der Waals surface area contributed by atoms with E-state index in [0.717, 1.165) is 34.2 Å². The second-order valence-corrected chi connectivity index (χ2v) is 8.66. The molecule has 0 radical (unpaired) electrons. The Bertz CT molecular complexity index is 893. The summed E-state index contributed by atoms with van der Waals surface area (Å²) in [6.07, 6.45) is 2.78. The lowest BCUT2D eigenvalue weighted by molar-refractivity contribution is -0.375. The summed E-state index contributed by atoms with van der Waals surface area (Å²) in [6.45, 7) is 10.1. The number of H-pyrrole nitrogens is 1. The van der Waals surface area contributed by atoms with Crippen LogP contribution in [0.3, 0.4) is 0 Å². The highest BCUT2D eigenvalue weighted by atomic mass is 35.5. The summed E-state index contributed by atoms with van der Waals surface area (Å²) in [6, 6.07) is 15.8. The molecular weight excluding hydrogens is 447 g/mol. The lowest BCUT2D eigenvalue weighted by Gasteiger charge is -2.15. The van der Waals surface area contributed by atoms with Crippen LogP contribution in [0.1, 0.15) is 60.6 Å². The van der Waals surface area contributed by atoms with Crippen LogP contribution in [0.4, 0.5) is 0 Å². The molecule has 3 rings (SSSR count). The fraction of sp³-hybridized carbons (Fsp3) is 0.360.